The number of hydrogen-bond donors (Lipinski definition) is 1. The van der Waals surface area contributed by atoms with Gasteiger partial charge in [-0.05, 0) is 48.1 Å². The Hall–Kier alpha value is -1.91. The molecule has 2 aromatic carbocycles. The van der Waals surface area contributed by atoms with Crippen molar-refractivity contribution in [3.8, 4) is 11.1 Å². The van der Waals surface area contributed by atoms with Crippen LogP contribution in [0.3, 0.4) is 0 Å². The van der Waals surface area contributed by atoms with Gasteiger partial charge in [-0.2, -0.15) is 0 Å². The number of amides is 1. The zero-order valence-corrected chi connectivity index (χ0v) is 14.5. The Labute approximate surface area is 151 Å². The molecule has 0 radical (unpaired) electrons. The SMILES string of the molecule is NC1CCN(C(=O)C2CC2c2ccc(F)cc2-c2ccccc2Cl)C1. The van der Waals surface area contributed by atoms with Gasteiger partial charge in [0.1, 0.15) is 5.82 Å². The molecule has 25 heavy (non-hydrogen) atoms. The number of benzene rings is 2. The van der Waals surface area contributed by atoms with Gasteiger partial charge in [-0.15, -0.1) is 0 Å². The van der Waals surface area contributed by atoms with E-state index < -0.39 is 0 Å². The highest BCUT2D eigenvalue weighted by atomic mass is 35.5. The van der Waals surface area contributed by atoms with E-state index in [2.05, 4.69) is 0 Å². The molecule has 2 N–H and O–H groups in total. The standard InChI is InChI=1S/C20H20ClFN2O/c21-19-4-2-1-3-15(19)16-9-12(22)5-6-14(16)17-10-18(17)20(25)24-8-7-13(23)11-24/h1-6,9,13,17-18H,7-8,10-11,23H2. The van der Waals surface area contributed by atoms with Crippen LogP contribution in [0.25, 0.3) is 11.1 Å². The monoisotopic (exact) mass is 358 g/mol. The lowest BCUT2D eigenvalue weighted by Crippen LogP contribution is -2.33. The molecule has 1 aliphatic heterocycles. The van der Waals surface area contributed by atoms with E-state index in [1.54, 1.807) is 12.1 Å². The molecule has 2 aliphatic rings. The molecule has 3 nitrogen and oxygen atoms in total. The first-order valence-electron chi connectivity index (χ1n) is 8.63. The van der Waals surface area contributed by atoms with Crippen molar-refractivity contribution in [2.45, 2.75) is 24.8 Å². The minimum Gasteiger partial charge on any atom is -0.341 e. The topological polar surface area (TPSA) is 46.3 Å². The Morgan fingerprint density at radius 2 is 2.00 bits per heavy atom. The molecule has 4 rings (SSSR count). The van der Waals surface area contributed by atoms with Crippen LogP contribution in [0.2, 0.25) is 5.02 Å². The third-order valence-corrected chi connectivity index (χ3v) is 5.55. The molecule has 130 valence electrons. The Balaban J connectivity index is 1.62. The van der Waals surface area contributed by atoms with Crippen LogP contribution in [-0.4, -0.2) is 29.9 Å². The zero-order chi connectivity index (χ0) is 17.6. The molecule has 0 aromatic heterocycles. The molecule has 1 saturated carbocycles. The van der Waals surface area contributed by atoms with Gasteiger partial charge in [-0.25, -0.2) is 4.39 Å². The van der Waals surface area contributed by atoms with Crippen LogP contribution in [0.1, 0.15) is 24.3 Å². The largest absolute Gasteiger partial charge is 0.341 e. The summed E-state index contributed by atoms with van der Waals surface area (Å²) in [5.74, 6) is -0.0340. The van der Waals surface area contributed by atoms with Crippen molar-refractivity contribution >= 4 is 17.5 Å². The molecule has 5 heteroatoms. The maximum Gasteiger partial charge on any atom is 0.226 e. The van der Waals surface area contributed by atoms with Gasteiger partial charge in [0.25, 0.3) is 0 Å². The van der Waals surface area contributed by atoms with Crippen LogP contribution in [0.4, 0.5) is 4.39 Å². The molecule has 3 atom stereocenters. The lowest BCUT2D eigenvalue weighted by atomic mass is 9.95. The van der Waals surface area contributed by atoms with E-state index in [0.717, 1.165) is 36.1 Å². The van der Waals surface area contributed by atoms with Crippen molar-refractivity contribution in [2.24, 2.45) is 11.7 Å². The van der Waals surface area contributed by atoms with Gasteiger partial charge < -0.3 is 10.6 Å². The van der Waals surface area contributed by atoms with Crippen LogP contribution in [0.5, 0.6) is 0 Å². The molecule has 2 fully saturated rings. The van der Waals surface area contributed by atoms with Crippen molar-refractivity contribution in [1.29, 1.82) is 0 Å². The normalized spacial score (nSPS) is 25.2. The number of carbonyl (C=O) groups excluding carboxylic acids is 1. The van der Waals surface area contributed by atoms with Crippen LogP contribution in [0.15, 0.2) is 42.5 Å². The van der Waals surface area contributed by atoms with E-state index in [1.807, 2.05) is 23.1 Å². The fourth-order valence-corrected chi connectivity index (χ4v) is 4.04. The number of halogens is 2. The van der Waals surface area contributed by atoms with Gasteiger partial charge in [-0.1, -0.05) is 35.9 Å². The van der Waals surface area contributed by atoms with Gasteiger partial charge in [-0.3, -0.25) is 4.79 Å². The molecule has 1 aliphatic carbocycles. The highest BCUT2D eigenvalue weighted by molar-refractivity contribution is 6.33. The van der Waals surface area contributed by atoms with E-state index >= 15 is 0 Å². The van der Waals surface area contributed by atoms with Crippen LogP contribution in [0, 0.1) is 11.7 Å². The summed E-state index contributed by atoms with van der Waals surface area (Å²) >= 11 is 6.32. The number of hydrogen-bond acceptors (Lipinski definition) is 2. The summed E-state index contributed by atoms with van der Waals surface area (Å²) in [4.78, 5) is 14.6. The average molecular weight is 359 g/mol. The first-order chi connectivity index (χ1) is 12.0. The maximum atomic E-state index is 13.9. The van der Waals surface area contributed by atoms with Gasteiger partial charge in [0.2, 0.25) is 5.91 Å². The second kappa shape index (κ2) is 6.43. The second-order valence-electron chi connectivity index (χ2n) is 6.99. The summed E-state index contributed by atoms with van der Waals surface area (Å²) < 4.78 is 13.9. The van der Waals surface area contributed by atoms with Gasteiger partial charge in [0.15, 0.2) is 0 Å². The fraction of sp³-hybridized carbons (Fsp3) is 0.350. The molecule has 1 amide bonds. The van der Waals surface area contributed by atoms with E-state index in [9.17, 15) is 9.18 Å². The summed E-state index contributed by atoms with van der Waals surface area (Å²) in [6, 6.07) is 12.3. The maximum absolute atomic E-state index is 13.9. The summed E-state index contributed by atoms with van der Waals surface area (Å²) in [6.07, 6.45) is 1.66. The van der Waals surface area contributed by atoms with E-state index in [-0.39, 0.29) is 29.6 Å². The van der Waals surface area contributed by atoms with Gasteiger partial charge in [0, 0.05) is 35.6 Å². The van der Waals surface area contributed by atoms with E-state index in [0.29, 0.717) is 11.6 Å². The third kappa shape index (κ3) is 3.16. The fourth-order valence-electron chi connectivity index (χ4n) is 3.80. The smallest absolute Gasteiger partial charge is 0.226 e. The second-order valence-corrected chi connectivity index (χ2v) is 7.40. The predicted molar refractivity (Wildman–Crippen MR) is 96.9 cm³/mol. The molecule has 0 spiro atoms. The highest BCUT2D eigenvalue weighted by Gasteiger charge is 2.47. The van der Waals surface area contributed by atoms with E-state index in [1.165, 1.54) is 12.1 Å². The summed E-state index contributed by atoms with van der Waals surface area (Å²) in [7, 11) is 0. The summed E-state index contributed by atoms with van der Waals surface area (Å²) in [6.45, 7) is 1.38. The quantitative estimate of drug-likeness (QED) is 0.906. The van der Waals surface area contributed by atoms with Crippen molar-refractivity contribution < 1.29 is 9.18 Å². The molecule has 1 heterocycles. The van der Waals surface area contributed by atoms with Gasteiger partial charge >= 0.3 is 0 Å². The predicted octanol–water partition coefficient (Wildman–Crippen LogP) is 3.81. The zero-order valence-electron chi connectivity index (χ0n) is 13.8. The first-order valence-corrected chi connectivity index (χ1v) is 9.01. The third-order valence-electron chi connectivity index (χ3n) is 5.22. The van der Waals surface area contributed by atoms with Crippen LogP contribution < -0.4 is 5.73 Å². The van der Waals surface area contributed by atoms with Crippen molar-refractivity contribution in [2.75, 3.05) is 13.1 Å². The van der Waals surface area contributed by atoms with Crippen molar-refractivity contribution in [1.82, 2.24) is 4.90 Å². The Morgan fingerprint density at radius 3 is 2.72 bits per heavy atom. The number of nitrogens with zero attached hydrogens (tertiary/aromatic N) is 1. The lowest BCUT2D eigenvalue weighted by Gasteiger charge is -2.16. The molecule has 2 aromatic rings. The van der Waals surface area contributed by atoms with Crippen molar-refractivity contribution in [3.05, 3.63) is 58.9 Å². The Morgan fingerprint density at radius 1 is 1.20 bits per heavy atom. The van der Waals surface area contributed by atoms with E-state index in [4.69, 9.17) is 17.3 Å². The Kier molecular flexibility index (Phi) is 4.26. The average Bonchev–Trinajstić information content (AvgIpc) is 3.27. The summed E-state index contributed by atoms with van der Waals surface area (Å²) in [5.41, 5.74) is 8.50. The highest BCUT2D eigenvalue weighted by Crippen LogP contribution is 2.52. The van der Waals surface area contributed by atoms with Gasteiger partial charge in [0.05, 0.1) is 0 Å². The summed E-state index contributed by atoms with van der Waals surface area (Å²) in [5, 5.41) is 0.586. The Bertz CT molecular complexity index is 825. The minimum absolute atomic E-state index is 0.0306. The van der Waals surface area contributed by atoms with Crippen molar-refractivity contribution in [3.63, 3.8) is 0 Å². The molecule has 1 saturated heterocycles. The van der Waals surface area contributed by atoms with Crippen LogP contribution >= 0.6 is 11.6 Å². The lowest BCUT2D eigenvalue weighted by molar-refractivity contribution is -0.131. The minimum atomic E-state index is -0.298. The first kappa shape index (κ1) is 16.6. The molecule has 0 bridgehead atoms. The van der Waals surface area contributed by atoms with Crippen LogP contribution in [-0.2, 0) is 4.79 Å². The molecular formula is C20H20ClFN2O. The molecule has 3 unspecified atom stereocenters. The molecular weight excluding hydrogens is 339 g/mol. The number of rotatable bonds is 3. The number of likely N-dealkylation sites (tertiary alicyclic amines) is 1. The number of nitrogens with two attached hydrogens (primary N) is 1. The number of carbonyl (C=O) groups is 1.